The van der Waals surface area contributed by atoms with Gasteiger partial charge in [-0.1, -0.05) is 30.3 Å². The van der Waals surface area contributed by atoms with Crippen LogP contribution in [0.5, 0.6) is 5.75 Å². The van der Waals surface area contributed by atoms with E-state index in [9.17, 15) is 13.2 Å². The maximum atomic E-state index is 13.0. The molecule has 0 fully saturated rings. The first-order chi connectivity index (χ1) is 15.0. The molecule has 0 aliphatic carbocycles. The molecule has 7 heteroatoms. The van der Waals surface area contributed by atoms with Crippen LogP contribution in [0.1, 0.15) is 29.3 Å². The number of sulfonamides is 1. The van der Waals surface area contributed by atoms with Crippen LogP contribution in [0.3, 0.4) is 0 Å². The number of ether oxygens (including phenoxy) is 1. The molecule has 0 aromatic heterocycles. The van der Waals surface area contributed by atoms with Gasteiger partial charge in [0.05, 0.1) is 6.61 Å². The first-order valence-electron chi connectivity index (χ1n) is 10.2. The number of hydrogen-bond acceptors (Lipinski definition) is 4. The summed E-state index contributed by atoms with van der Waals surface area (Å²) in [5, 5.41) is 0. The maximum absolute atomic E-state index is 13.0. The average Bonchev–Trinajstić information content (AvgIpc) is 2.79. The van der Waals surface area contributed by atoms with Crippen LogP contribution >= 0.6 is 0 Å². The van der Waals surface area contributed by atoms with Crippen LogP contribution in [0.4, 0.5) is 11.4 Å². The molecule has 1 amide bonds. The summed E-state index contributed by atoms with van der Waals surface area (Å²) in [7, 11) is -3.82. The molecule has 3 aromatic rings. The van der Waals surface area contributed by atoms with Crippen LogP contribution < -0.4 is 14.4 Å². The second-order valence-electron chi connectivity index (χ2n) is 7.26. The van der Waals surface area contributed by atoms with E-state index in [-0.39, 0.29) is 10.8 Å². The molecule has 6 nitrogen and oxygen atoms in total. The highest BCUT2D eigenvalue weighted by molar-refractivity contribution is 7.92. The van der Waals surface area contributed by atoms with Gasteiger partial charge < -0.3 is 9.64 Å². The van der Waals surface area contributed by atoms with E-state index in [0.717, 1.165) is 24.1 Å². The van der Waals surface area contributed by atoms with Crippen LogP contribution in [-0.4, -0.2) is 27.5 Å². The predicted molar refractivity (Wildman–Crippen MR) is 121 cm³/mol. The molecule has 0 bridgehead atoms. The summed E-state index contributed by atoms with van der Waals surface area (Å²) in [6.45, 7) is 2.81. The second kappa shape index (κ2) is 8.81. The fourth-order valence-electron chi connectivity index (χ4n) is 3.77. The van der Waals surface area contributed by atoms with Crippen molar-refractivity contribution in [1.29, 1.82) is 0 Å². The van der Waals surface area contributed by atoms with E-state index in [2.05, 4.69) is 4.72 Å². The number of aryl methyl sites for hydroxylation is 1. The molecule has 3 aromatic carbocycles. The van der Waals surface area contributed by atoms with Crippen LogP contribution in [0, 0.1) is 0 Å². The van der Waals surface area contributed by atoms with E-state index in [4.69, 9.17) is 4.74 Å². The van der Waals surface area contributed by atoms with Crippen molar-refractivity contribution in [3.63, 3.8) is 0 Å². The fourth-order valence-corrected chi connectivity index (χ4v) is 4.96. The Morgan fingerprint density at radius 2 is 1.77 bits per heavy atom. The van der Waals surface area contributed by atoms with Crippen molar-refractivity contribution in [3.8, 4) is 5.75 Å². The van der Waals surface area contributed by atoms with Crippen molar-refractivity contribution >= 4 is 27.3 Å². The van der Waals surface area contributed by atoms with Gasteiger partial charge in [0, 0.05) is 23.5 Å². The summed E-state index contributed by atoms with van der Waals surface area (Å²) in [5.74, 6) is 0.260. The Morgan fingerprint density at radius 3 is 2.55 bits per heavy atom. The fraction of sp³-hybridized carbons (Fsp3) is 0.208. The number of nitrogens with one attached hydrogen (secondary N) is 1. The molecule has 0 saturated heterocycles. The third-order valence-corrected chi connectivity index (χ3v) is 6.58. The zero-order chi connectivity index (χ0) is 21.8. The zero-order valence-corrected chi connectivity index (χ0v) is 18.1. The third kappa shape index (κ3) is 4.41. The highest BCUT2D eigenvalue weighted by atomic mass is 32.2. The number of fused-ring (bicyclic) bond motifs is 1. The van der Waals surface area contributed by atoms with E-state index >= 15 is 0 Å². The van der Waals surface area contributed by atoms with Gasteiger partial charge >= 0.3 is 0 Å². The van der Waals surface area contributed by atoms with Crippen molar-refractivity contribution < 1.29 is 17.9 Å². The first kappa shape index (κ1) is 20.9. The highest BCUT2D eigenvalue weighted by Gasteiger charge is 2.25. The van der Waals surface area contributed by atoms with Crippen LogP contribution in [-0.2, 0) is 16.4 Å². The van der Waals surface area contributed by atoms with Crippen molar-refractivity contribution in [2.45, 2.75) is 24.7 Å². The van der Waals surface area contributed by atoms with E-state index in [0.29, 0.717) is 30.2 Å². The topological polar surface area (TPSA) is 75.7 Å². The molecule has 0 spiro atoms. The van der Waals surface area contributed by atoms with Gasteiger partial charge in [0.2, 0.25) is 0 Å². The first-order valence-corrected chi connectivity index (χ1v) is 11.7. The van der Waals surface area contributed by atoms with Crippen molar-refractivity contribution in [2.24, 2.45) is 0 Å². The lowest BCUT2D eigenvalue weighted by Crippen LogP contribution is -2.35. The summed E-state index contributed by atoms with van der Waals surface area (Å²) in [5.41, 5.74) is 2.85. The number of carbonyl (C=O) groups excluding carboxylic acids is 1. The highest BCUT2D eigenvalue weighted by Crippen LogP contribution is 2.32. The van der Waals surface area contributed by atoms with Gasteiger partial charge in [-0.05, 0) is 67.8 Å². The number of rotatable bonds is 6. The Labute approximate surface area is 182 Å². The van der Waals surface area contributed by atoms with Crippen LogP contribution in [0.15, 0.2) is 77.7 Å². The smallest absolute Gasteiger partial charge is 0.265 e. The number of para-hydroxylation sites is 1. The predicted octanol–water partition coefficient (Wildman–Crippen LogP) is 4.48. The van der Waals surface area contributed by atoms with Crippen molar-refractivity contribution in [1.82, 2.24) is 0 Å². The molecular weight excluding hydrogens is 412 g/mol. The SMILES string of the molecule is CCOc1ccccc1S(=O)(=O)Nc1ccc2c(c1)CCCN2C(=O)c1ccccc1. The normalized spacial score (nSPS) is 13.4. The van der Waals surface area contributed by atoms with Gasteiger partial charge in [-0.15, -0.1) is 0 Å². The molecule has 31 heavy (non-hydrogen) atoms. The minimum atomic E-state index is -3.82. The standard InChI is InChI=1S/C24H24N2O4S/c1-2-30-22-12-6-7-13-23(22)31(28,29)25-20-14-15-21-19(17-20)11-8-16-26(21)24(27)18-9-4-3-5-10-18/h3-7,9-10,12-15,17,25H,2,8,11,16H2,1H3. The van der Waals surface area contributed by atoms with Gasteiger partial charge in [-0.3, -0.25) is 9.52 Å². The molecule has 0 unspecified atom stereocenters. The van der Waals surface area contributed by atoms with E-state index in [1.165, 1.54) is 6.07 Å². The lowest BCUT2D eigenvalue weighted by atomic mass is 10.00. The molecular formula is C24H24N2O4S. The van der Waals surface area contributed by atoms with Crippen molar-refractivity contribution in [3.05, 3.63) is 83.9 Å². The molecule has 0 saturated carbocycles. The molecule has 0 atom stereocenters. The molecule has 4 rings (SSSR count). The van der Waals surface area contributed by atoms with Gasteiger partial charge in [0.15, 0.2) is 0 Å². The lowest BCUT2D eigenvalue weighted by Gasteiger charge is -2.30. The van der Waals surface area contributed by atoms with Crippen LogP contribution in [0.2, 0.25) is 0 Å². The maximum Gasteiger partial charge on any atom is 0.265 e. The minimum Gasteiger partial charge on any atom is -0.492 e. The Hall–Kier alpha value is -3.32. The van der Waals surface area contributed by atoms with Crippen molar-refractivity contribution in [2.75, 3.05) is 22.8 Å². The molecule has 0 radical (unpaired) electrons. The molecule has 1 aliphatic rings. The van der Waals surface area contributed by atoms with E-state index in [1.807, 2.05) is 31.2 Å². The zero-order valence-electron chi connectivity index (χ0n) is 17.2. The lowest BCUT2D eigenvalue weighted by molar-refractivity contribution is 0.0985. The number of benzene rings is 3. The summed E-state index contributed by atoms with van der Waals surface area (Å²) >= 11 is 0. The Kier molecular flexibility index (Phi) is 5.95. The Morgan fingerprint density at radius 1 is 1.03 bits per heavy atom. The number of anilines is 2. The third-order valence-electron chi connectivity index (χ3n) is 5.15. The number of nitrogens with zero attached hydrogens (tertiary/aromatic N) is 1. The molecule has 1 aliphatic heterocycles. The Bertz CT molecular complexity index is 1190. The summed E-state index contributed by atoms with van der Waals surface area (Å²) in [4.78, 5) is 14.8. The number of carbonyl (C=O) groups is 1. The quantitative estimate of drug-likeness (QED) is 0.618. The summed E-state index contributed by atoms with van der Waals surface area (Å²) < 4.78 is 34.1. The van der Waals surface area contributed by atoms with E-state index < -0.39 is 10.0 Å². The molecule has 1 heterocycles. The monoisotopic (exact) mass is 436 g/mol. The minimum absolute atomic E-state index is 0.0551. The average molecular weight is 437 g/mol. The van der Waals surface area contributed by atoms with Gasteiger partial charge in [0.25, 0.3) is 15.9 Å². The van der Waals surface area contributed by atoms with Crippen LogP contribution in [0.25, 0.3) is 0 Å². The largest absolute Gasteiger partial charge is 0.492 e. The Balaban J connectivity index is 1.61. The van der Waals surface area contributed by atoms with Gasteiger partial charge in [-0.2, -0.15) is 0 Å². The number of amides is 1. The van der Waals surface area contributed by atoms with Gasteiger partial charge in [0.1, 0.15) is 10.6 Å². The molecule has 1 N–H and O–H groups in total. The summed E-state index contributed by atoms with van der Waals surface area (Å²) in [6.07, 6.45) is 1.59. The number of hydrogen-bond donors (Lipinski definition) is 1. The van der Waals surface area contributed by atoms with Gasteiger partial charge in [-0.25, -0.2) is 8.42 Å². The second-order valence-corrected chi connectivity index (χ2v) is 8.91. The summed E-state index contributed by atoms with van der Waals surface area (Å²) in [6, 6.07) is 21.0. The molecule has 160 valence electrons. The van der Waals surface area contributed by atoms with E-state index in [1.54, 1.807) is 47.4 Å².